The maximum atomic E-state index is 15.3. The van der Waals surface area contributed by atoms with Crippen molar-refractivity contribution in [1.82, 2.24) is 52.0 Å². The number of unbranched alkanes of at least 4 members (excludes halogenated alkanes) is 1. The van der Waals surface area contributed by atoms with Crippen LogP contribution in [0.2, 0.25) is 0 Å². The number of ketones is 1. The van der Waals surface area contributed by atoms with Crippen LogP contribution in [0.4, 0.5) is 0 Å². The monoisotopic (exact) mass is 1200 g/mol. The Morgan fingerprint density at radius 3 is 2.28 bits per heavy atom. The number of thioether (sulfide) groups is 1. The molecule has 4 aliphatic heterocycles. The summed E-state index contributed by atoms with van der Waals surface area (Å²) < 4.78 is 21.1. The van der Waals surface area contributed by atoms with Crippen molar-refractivity contribution >= 4 is 104 Å². The highest BCUT2D eigenvalue weighted by Crippen LogP contribution is 2.36. The quantitative estimate of drug-likeness (QED) is 0.0499. The van der Waals surface area contributed by atoms with Gasteiger partial charge in [-0.1, -0.05) is 27.2 Å². The third-order valence-electron chi connectivity index (χ3n) is 15.1. The number of nitrogens with two attached hydrogens (primary N) is 1. The number of nitrogens with zero attached hydrogens (tertiary/aromatic N) is 2. The number of hydrogen-bond acceptors (Lipinski definition) is 18. The van der Waals surface area contributed by atoms with Gasteiger partial charge in [0, 0.05) is 86.0 Å². The predicted molar refractivity (Wildman–Crippen MR) is 297 cm³/mol. The number of H-pyrrole nitrogens is 1. The highest BCUT2D eigenvalue weighted by Gasteiger charge is 2.45. The van der Waals surface area contributed by atoms with E-state index in [-0.39, 0.29) is 35.2 Å². The molecule has 5 heterocycles. The van der Waals surface area contributed by atoms with Crippen LogP contribution in [0.15, 0.2) is 29.3 Å². The normalized spacial score (nSPS) is 25.5. The maximum absolute atomic E-state index is 15.3. The molecule has 6 rings (SSSR count). The number of rotatable bonds is 18. The van der Waals surface area contributed by atoms with Crippen LogP contribution in [0.1, 0.15) is 76.8 Å². The van der Waals surface area contributed by atoms with E-state index in [9.17, 15) is 72.9 Å². The average molecular weight is 1200 g/mol. The van der Waals surface area contributed by atoms with Crippen LogP contribution in [0.3, 0.4) is 0 Å². The summed E-state index contributed by atoms with van der Waals surface area (Å²) in [7, 11) is -1.02. The Bertz CT molecular complexity index is 2880. The molecule has 1 unspecified atom stereocenters. The molecule has 4 aliphatic rings. The molecular formula is C53H73N11O17S2. The van der Waals surface area contributed by atoms with E-state index in [4.69, 9.17) is 10.5 Å². The molecule has 11 atom stereocenters. The Balaban J connectivity index is 1.44. The zero-order valence-electron chi connectivity index (χ0n) is 46.4. The smallest absolute Gasteiger partial charge is 0.253 e. The second kappa shape index (κ2) is 29.8. The van der Waals surface area contributed by atoms with Crippen LogP contribution >= 0.6 is 11.8 Å². The molecule has 0 aliphatic carbocycles. The van der Waals surface area contributed by atoms with Crippen LogP contribution in [0.25, 0.3) is 10.9 Å². The number of hydrogen-bond donors (Lipinski definition) is 12. The minimum atomic E-state index is -2.44. The topological polar surface area (TPSA) is 424 Å². The molecule has 13 N–H and O–H groups in total. The molecule has 0 saturated carbocycles. The lowest BCUT2D eigenvalue weighted by Gasteiger charge is -2.32. The lowest BCUT2D eigenvalue weighted by Crippen LogP contribution is -2.62. The number of fused-ring (bicyclic) bond motifs is 5. The number of aliphatic hydroxyl groups excluding tert-OH is 3. The molecule has 2 bridgehead atoms. The Kier molecular flexibility index (Phi) is 23.3. The fourth-order valence-corrected chi connectivity index (χ4v) is 12.5. The Hall–Kier alpha value is -7.28. The van der Waals surface area contributed by atoms with E-state index in [2.05, 4.69) is 42.2 Å². The van der Waals surface area contributed by atoms with Gasteiger partial charge in [0.05, 0.1) is 67.5 Å². The maximum Gasteiger partial charge on any atom is 0.253 e. The Labute approximate surface area is 484 Å². The van der Waals surface area contributed by atoms with Crippen LogP contribution in [0, 0.1) is 17.8 Å². The van der Waals surface area contributed by atoms with E-state index in [0.717, 1.165) is 22.0 Å². The molecule has 0 spiro atoms. The first kappa shape index (κ1) is 64.9. The number of aromatic amines is 1. The van der Waals surface area contributed by atoms with Crippen molar-refractivity contribution in [3.8, 4) is 5.75 Å². The van der Waals surface area contributed by atoms with Crippen LogP contribution in [-0.4, -0.2) is 205 Å². The summed E-state index contributed by atoms with van der Waals surface area (Å²) in [6.45, 7) is 2.17. The Morgan fingerprint density at radius 2 is 1.60 bits per heavy atom. The third-order valence-corrected chi connectivity index (χ3v) is 17.6. The summed E-state index contributed by atoms with van der Waals surface area (Å²) in [5.74, 6) is -12.6. The van der Waals surface area contributed by atoms with Crippen molar-refractivity contribution in [2.24, 2.45) is 23.5 Å². The number of imide groups is 1. The lowest BCUT2D eigenvalue weighted by atomic mass is 9.86. The molecule has 454 valence electrons. The molecule has 1 fully saturated rings. The lowest BCUT2D eigenvalue weighted by molar-refractivity contribution is -0.144. The molecule has 11 amide bonds. The highest BCUT2D eigenvalue weighted by atomic mass is 32.2. The summed E-state index contributed by atoms with van der Waals surface area (Å²) in [4.78, 5) is 168. The van der Waals surface area contributed by atoms with Gasteiger partial charge in [0.2, 0.25) is 53.2 Å². The van der Waals surface area contributed by atoms with Crippen molar-refractivity contribution < 1.29 is 81.8 Å². The van der Waals surface area contributed by atoms with Gasteiger partial charge in [-0.25, -0.2) is 0 Å². The van der Waals surface area contributed by atoms with Crippen LogP contribution in [-0.2, 0) is 80.5 Å². The largest absolute Gasteiger partial charge is 0.496 e. The molecular weight excluding hydrogens is 1130 g/mol. The Morgan fingerprint density at radius 1 is 0.892 bits per heavy atom. The molecule has 28 nitrogen and oxygen atoms in total. The zero-order valence-corrected chi connectivity index (χ0v) is 48.1. The number of methoxy groups -OCH3 is 1. The van der Waals surface area contributed by atoms with E-state index in [1.165, 1.54) is 25.8 Å². The highest BCUT2D eigenvalue weighted by molar-refractivity contribution is 7.98. The number of aromatic nitrogens is 1. The standard InChI is InChI=1S/C53H73N11O17S2/c1-5-26(2)31-16-28(66)20-56-48(75)34-18-32-30-8-9-39(81-4)33(24-82-15-7-6-13-55-41(70)12-14-63-43(72)10-11-44(63)73)46(30)62-52(32)83(80)25-36(58-42(71)21-57-47(31)74)49(76)60-35(19-40(54)69)53(79)64-22-29(67)17-37(64)50(77)61-45(51(78)59-34)27(3)38(68)23-65/h8-11,26-27,29,31,34-38,45,62,65,67-68H,5-7,12-25H2,1-4H3,(H2,54,69)(H,55,70)(H,56,75)(H,57,74)(H,58,71)(H,59,78)(H,60,76)(H,61,77)/t26-,27-,29+,31-,34-,35-,36-,37-,38-,45-,83?/m0/s1. The van der Waals surface area contributed by atoms with Crippen molar-refractivity contribution in [1.29, 1.82) is 0 Å². The van der Waals surface area contributed by atoms with E-state index in [0.29, 0.717) is 53.8 Å². The number of benzene rings is 1. The van der Waals surface area contributed by atoms with Crippen molar-refractivity contribution in [3.05, 3.63) is 35.4 Å². The van der Waals surface area contributed by atoms with Gasteiger partial charge in [0.25, 0.3) is 11.8 Å². The third kappa shape index (κ3) is 16.7. The molecule has 1 aromatic carbocycles. The fraction of sp³-hybridized carbons (Fsp3) is 0.585. The number of ether oxygens (including phenoxy) is 1. The van der Waals surface area contributed by atoms with Gasteiger partial charge < -0.3 is 72.9 Å². The first-order chi connectivity index (χ1) is 39.5. The molecule has 30 heteroatoms. The van der Waals surface area contributed by atoms with E-state index in [1.807, 2.05) is 0 Å². The first-order valence-electron chi connectivity index (χ1n) is 27.3. The number of primary amides is 1. The second-order valence-corrected chi connectivity index (χ2v) is 23.5. The number of carbonyl (C=O) groups is 12. The summed E-state index contributed by atoms with van der Waals surface area (Å²) in [5, 5.41) is 49.9. The van der Waals surface area contributed by atoms with Gasteiger partial charge in [-0.2, -0.15) is 11.8 Å². The summed E-state index contributed by atoms with van der Waals surface area (Å²) in [6, 6.07) is -5.65. The van der Waals surface area contributed by atoms with Gasteiger partial charge >= 0.3 is 0 Å². The van der Waals surface area contributed by atoms with Gasteiger partial charge in [-0.3, -0.25) is 66.6 Å². The molecule has 1 aromatic heterocycles. The summed E-state index contributed by atoms with van der Waals surface area (Å²) in [5.41, 5.74) is 6.55. The predicted octanol–water partition coefficient (Wildman–Crippen LogP) is -4.08. The van der Waals surface area contributed by atoms with Crippen molar-refractivity contribution in [2.75, 3.05) is 57.9 Å². The summed E-state index contributed by atoms with van der Waals surface area (Å²) in [6.07, 6.45) is -1.52. The van der Waals surface area contributed by atoms with E-state index >= 15 is 4.21 Å². The number of Topliss-reactive ketones (excluding diaryl/α,β-unsaturated/α-hetero) is 1. The number of carbonyl (C=O) groups excluding carboxylic acids is 12. The number of amides is 11. The average Bonchev–Trinajstić information content (AvgIpc) is 4.25. The van der Waals surface area contributed by atoms with Crippen LogP contribution in [0.5, 0.6) is 5.75 Å². The van der Waals surface area contributed by atoms with Gasteiger partial charge in [-0.15, -0.1) is 0 Å². The molecule has 0 radical (unpaired) electrons. The minimum absolute atomic E-state index is 0.0610. The molecule has 2 aromatic rings. The van der Waals surface area contributed by atoms with Gasteiger partial charge in [-0.05, 0) is 42.2 Å². The van der Waals surface area contributed by atoms with E-state index < -0.39 is 194 Å². The minimum Gasteiger partial charge on any atom is -0.496 e. The SMILES string of the molecule is CC[C@H](C)[C@@H]1CC(=O)CNC(=O)[C@@H]2Cc3c([nH]c4c(CSCCCCNC(=O)CCN5C(=O)C=CC5=O)c(OC)ccc34)S(=O)C[C@H](NC(=O)CNC1=O)C(=O)N[C@@H](CC(N)=O)C(=O)N1C[C@H](O)C[C@H]1C(=O)N[C@@H]([C@@H](C)[C@@H](O)CO)C(=O)N2. The van der Waals surface area contributed by atoms with Crippen molar-refractivity contribution in [2.45, 2.75) is 125 Å². The number of nitrogens with one attached hydrogen (secondary N) is 8. The second-order valence-electron chi connectivity index (χ2n) is 20.9. The van der Waals surface area contributed by atoms with Gasteiger partial charge in [0.1, 0.15) is 41.0 Å². The van der Waals surface area contributed by atoms with Crippen LogP contribution < -0.4 is 47.7 Å². The molecule has 1 saturated heterocycles. The fourth-order valence-electron chi connectivity index (χ4n) is 10.1. The first-order valence-corrected chi connectivity index (χ1v) is 29.7. The van der Waals surface area contributed by atoms with Crippen molar-refractivity contribution in [3.63, 3.8) is 0 Å². The molecule has 83 heavy (non-hydrogen) atoms. The van der Waals surface area contributed by atoms with Gasteiger partial charge in [0.15, 0.2) is 5.78 Å². The number of aliphatic hydroxyl groups is 3. The zero-order chi connectivity index (χ0) is 60.8. The summed E-state index contributed by atoms with van der Waals surface area (Å²) >= 11 is 1.46. The van der Waals surface area contributed by atoms with E-state index in [1.54, 1.807) is 26.0 Å².